The van der Waals surface area contributed by atoms with E-state index in [1.807, 2.05) is 31.2 Å². The van der Waals surface area contributed by atoms with Gasteiger partial charge in [0.05, 0.1) is 17.3 Å². The number of benzene rings is 2. The topological polar surface area (TPSA) is 53.8 Å². The minimum atomic E-state index is -0.313. The van der Waals surface area contributed by atoms with Crippen LogP contribution in [-0.4, -0.2) is 17.5 Å². The molecule has 0 radical (unpaired) electrons. The van der Waals surface area contributed by atoms with Crippen LogP contribution in [0.3, 0.4) is 0 Å². The number of carbonyl (C=O) groups is 1. The Bertz CT molecular complexity index is 825. The van der Waals surface area contributed by atoms with Gasteiger partial charge in [-0.1, -0.05) is 31.2 Å². The Morgan fingerprint density at radius 3 is 2.29 bits per heavy atom. The maximum atomic E-state index is 13.3. The number of nitrogens with zero attached hydrogens (tertiary/aromatic N) is 2. The number of hydrogen-bond acceptors (Lipinski definition) is 3. The summed E-state index contributed by atoms with van der Waals surface area (Å²) in [5, 5.41) is 2.83. The van der Waals surface area contributed by atoms with Gasteiger partial charge in [-0.2, -0.15) is 0 Å². The first kappa shape index (κ1) is 16.1. The molecule has 24 heavy (non-hydrogen) atoms. The van der Waals surface area contributed by atoms with E-state index >= 15 is 0 Å². The maximum Gasteiger partial charge on any atom is 0.222 e. The summed E-state index contributed by atoms with van der Waals surface area (Å²) in [6, 6.07) is 13.8. The molecule has 2 aromatic carbocycles. The number of aliphatic imine (C=N–C) groups is 2. The standard InChI is InChI=1S/C19H18FN3O/c1-3-15-18(13-8-10-14(20)11-9-13)19(21-12(2)24)23-17-7-5-4-6-16(17)22-15/h4-11,18H,3H2,1-2H3,(H,21,23,24)/t18-/m1/s1. The number of fused-ring (bicyclic) bond motifs is 1. The summed E-state index contributed by atoms with van der Waals surface area (Å²) >= 11 is 0. The van der Waals surface area contributed by atoms with Crippen molar-refractivity contribution in [2.75, 3.05) is 0 Å². The SMILES string of the molecule is CCC1=Nc2ccccc2N=C(NC(C)=O)[C@@H]1c1ccc(F)cc1. The minimum Gasteiger partial charge on any atom is -0.314 e. The molecule has 1 heterocycles. The molecule has 1 aliphatic rings. The van der Waals surface area contributed by atoms with Crippen LogP contribution >= 0.6 is 0 Å². The molecule has 0 fully saturated rings. The van der Waals surface area contributed by atoms with Crippen LogP contribution in [-0.2, 0) is 4.79 Å². The monoisotopic (exact) mass is 323 g/mol. The lowest BCUT2D eigenvalue weighted by Crippen LogP contribution is -2.36. The molecule has 5 heteroatoms. The highest BCUT2D eigenvalue weighted by atomic mass is 19.1. The molecule has 1 amide bonds. The summed E-state index contributed by atoms with van der Waals surface area (Å²) in [6.45, 7) is 3.46. The van der Waals surface area contributed by atoms with E-state index in [4.69, 9.17) is 4.99 Å². The first-order chi connectivity index (χ1) is 11.6. The number of amides is 1. The molecule has 0 saturated carbocycles. The van der Waals surface area contributed by atoms with E-state index in [2.05, 4.69) is 10.3 Å². The summed E-state index contributed by atoms with van der Waals surface area (Å²) in [5.41, 5.74) is 3.19. The summed E-state index contributed by atoms with van der Waals surface area (Å²) in [5.74, 6) is -0.300. The molecule has 2 aromatic rings. The van der Waals surface area contributed by atoms with Gasteiger partial charge in [0.2, 0.25) is 5.91 Å². The second kappa shape index (κ2) is 6.74. The first-order valence-electron chi connectivity index (χ1n) is 7.86. The Labute approximate surface area is 140 Å². The number of nitrogens with one attached hydrogen (secondary N) is 1. The van der Waals surface area contributed by atoms with Gasteiger partial charge in [0.15, 0.2) is 0 Å². The predicted molar refractivity (Wildman–Crippen MR) is 93.9 cm³/mol. The molecular weight excluding hydrogens is 305 g/mol. The molecule has 0 spiro atoms. The van der Waals surface area contributed by atoms with Gasteiger partial charge in [0.25, 0.3) is 0 Å². The zero-order chi connectivity index (χ0) is 17.1. The highest BCUT2D eigenvalue weighted by Gasteiger charge is 2.27. The van der Waals surface area contributed by atoms with Gasteiger partial charge in [-0.3, -0.25) is 9.79 Å². The molecule has 3 rings (SSSR count). The Morgan fingerprint density at radius 2 is 1.71 bits per heavy atom. The van der Waals surface area contributed by atoms with Crippen LogP contribution < -0.4 is 5.32 Å². The van der Waals surface area contributed by atoms with Crippen molar-refractivity contribution in [1.82, 2.24) is 5.32 Å². The predicted octanol–water partition coefficient (Wildman–Crippen LogP) is 4.27. The van der Waals surface area contributed by atoms with Gasteiger partial charge in [-0.25, -0.2) is 9.38 Å². The summed E-state index contributed by atoms with van der Waals surface area (Å²) in [6.07, 6.45) is 0.689. The molecule has 1 aliphatic heterocycles. The van der Waals surface area contributed by atoms with E-state index in [1.54, 1.807) is 12.1 Å². The number of para-hydroxylation sites is 2. The van der Waals surface area contributed by atoms with Crippen molar-refractivity contribution in [3.05, 3.63) is 59.9 Å². The van der Waals surface area contributed by atoms with Crippen molar-refractivity contribution in [2.45, 2.75) is 26.2 Å². The Balaban J connectivity index is 2.19. The van der Waals surface area contributed by atoms with Crippen LogP contribution in [0.5, 0.6) is 0 Å². The van der Waals surface area contributed by atoms with E-state index in [-0.39, 0.29) is 17.6 Å². The lowest BCUT2D eigenvalue weighted by molar-refractivity contribution is -0.117. The highest BCUT2D eigenvalue weighted by molar-refractivity contribution is 6.17. The number of halogens is 1. The van der Waals surface area contributed by atoms with Gasteiger partial charge in [-0.15, -0.1) is 0 Å². The lowest BCUT2D eigenvalue weighted by atomic mass is 9.91. The van der Waals surface area contributed by atoms with Crippen molar-refractivity contribution in [3.63, 3.8) is 0 Å². The van der Waals surface area contributed by atoms with E-state index in [0.29, 0.717) is 17.9 Å². The van der Waals surface area contributed by atoms with E-state index in [1.165, 1.54) is 19.1 Å². The average molecular weight is 323 g/mol. The molecule has 0 aromatic heterocycles. The molecule has 0 aliphatic carbocycles. The first-order valence-corrected chi connectivity index (χ1v) is 7.86. The van der Waals surface area contributed by atoms with Gasteiger partial charge in [0, 0.05) is 12.6 Å². The fourth-order valence-electron chi connectivity index (χ4n) is 2.79. The molecule has 4 nitrogen and oxygen atoms in total. The average Bonchev–Trinajstić information content (AvgIpc) is 2.71. The summed E-state index contributed by atoms with van der Waals surface area (Å²) < 4.78 is 13.3. The minimum absolute atomic E-state index is 0.198. The van der Waals surface area contributed by atoms with Crippen molar-refractivity contribution in [1.29, 1.82) is 0 Å². The van der Waals surface area contributed by atoms with Gasteiger partial charge in [0.1, 0.15) is 11.7 Å². The molecule has 0 unspecified atom stereocenters. The van der Waals surface area contributed by atoms with Crippen molar-refractivity contribution < 1.29 is 9.18 Å². The number of carbonyl (C=O) groups excluding carboxylic acids is 1. The largest absolute Gasteiger partial charge is 0.314 e. The molecule has 1 atom stereocenters. The second-order valence-electron chi connectivity index (χ2n) is 5.61. The third-order valence-electron chi connectivity index (χ3n) is 3.86. The third kappa shape index (κ3) is 3.25. The fraction of sp³-hybridized carbons (Fsp3) is 0.211. The zero-order valence-electron chi connectivity index (χ0n) is 13.6. The lowest BCUT2D eigenvalue weighted by Gasteiger charge is -2.20. The highest BCUT2D eigenvalue weighted by Crippen LogP contribution is 2.35. The number of hydrogen-bond donors (Lipinski definition) is 1. The van der Waals surface area contributed by atoms with Gasteiger partial charge >= 0.3 is 0 Å². The van der Waals surface area contributed by atoms with E-state index in [9.17, 15) is 9.18 Å². The van der Waals surface area contributed by atoms with Crippen LogP contribution in [0.25, 0.3) is 0 Å². The van der Waals surface area contributed by atoms with Crippen LogP contribution in [0.15, 0.2) is 58.5 Å². The van der Waals surface area contributed by atoms with Crippen molar-refractivity contribution in [3.8, 4) is 0 Å². The molecule has 0 bridgehead atoms. The Kier molecular flexibility index (Phi) is 4.51. The maximum absolute atomic E-state index is 13.3. The molecule has 122 valence electrons. The second-order valence-corrected chi connectivity index (χ2v) is 5.61. The quantitative estimate of drug-likeness (QED) is 0.881. The number of amidine groups is 1. The van der Waals surface area contributed by atoms with E-state index < -0.39 is 0 Å². The van der Waals surface area contributed by atoms with Crippen LogP contribution in [0.4, 0.5) is 15.8 Å². The summed E-state index contributed by atoms with van der Waals surface area (Å²) in [7, 11) is 0. The van der Waals surface area contributed by atoms with Crippen LogP contribution in [0, 0.1) is 5.82 Å². The normalized spacial score (nSPS) is 16.5. The number of rotatable bonds is 2. The molecule has 0 saturated heterocycles. The van der Waals surface area contributed by atoms with Gasteiger partial charge in [-0.05, 0) is 36.2 Å². The van der Waals surface area contributed by atoms with Crippen molar-refractivity contribution in [2.24, 2.45) is 9.98 Å². The smallest absolute Gasteiger partial charge is 0.222 e. The Morgan fingerprint density at radius 1 is 1.08 bits per heavy atom. The van der Waals surface area contributed by atoms with Crippen LogP contribution in [0.2, 0.25) is 0 Å². The van der Waals surface area contributed by atoms with Crippen LogP contribution in [0.1, 0.15) is 31.7 Å². The third-order valence-corrected chi connectivity index (χ3v) is 3.86. The zero-order valence-corrected chi connectivity index (χ0v) is 13.6. The van der Waals surface area contributed by atoms with E-state index in [0.717, 1.165) is 17.0 Å². The van der Waals surface area contributed by atoms with Crippen molar-refractivity contribution >= 4 is 28.8 Å². The Hall–Kier alpha value is -2.82. The molecule has 1 N–H and O–H groups in total. The molecular formula is C19H18FN3O. The van der Waals surface area contributed by atoms with Gasteiger partial charge < -0.3 is 5.32 Å². The summed E-state index contributed by atoms with van der Waals surface area (Å²) in [4.78, 5) is 21.1. The fourth-order valence-corrected chi connectivity index (χ4v) is 2.79.